The number of benzene rings is 1. The molecule has 1 rings (SSSR count). The summed E-state index contributed by atoms with van der Waals surface area (Å²) in [6, 6.07) is 5.56. The Morgan fingerprint density at radius 1 is 1.19 bits per heavy atom. The van der Waals surface area contributed by atoms with Crippen LogP contribution in [0.5, 0.6) is 0 Å². The molecule has 0 aliphatic heterocycles. The predicted octanol–water partition coefficient (Wildman–Crippen LogP) is 4.44. The molecule has 4 heteroatoms. The van der Waals surface area contributed by atoms with E-state index in [2.05, 4.69) is 11.8 Å². The van der Waals surface area contributed by atoms with Crippen molar-refractivity contribution in [3.8, 4) is 0 Å². The van der Waals surface area contributed by atoms with Gasteiger partial charge in [0.15, 0.2) is 0 Å². The van der Waals surface area contributed by atoms with Crippen molar-refractivity contribution in [3.05, 3.63) is 33.8 Å². The van der Waals surface area contributed by atoms with Crippen LogP contribution in [0.15, 0.2) is 18.2 Å². The SMILES string of the molecule is CCCN(CCCl)Cc1cc(Cl)ccc1Cl. The fourth-order valence-corrected chi connectivity index (χ4v) is 2.22. The zero-order chi connectivity index (χ0) is 12.0. The Bertz CT molecular complexity index is 322. The summed E-state index contributed by atoms with van der Waals surface area (Å²) in [6.07, 6.45) is 1.11. The van der Waals surface area contributed by atoms with Crippen LogP contribution >= 0.6 is 34.8 Å². The summed E-state index contributed by atoms with van der Waals surface area (Å²) < 4.78 is 0. The maximum atomic E-state index is 6.12. The van der Waals surface area contributed by atoms with Crippen LogP contribution in [0.3, 0.4) is 0 Å². The third-order valence-electron chi connectivity index (χ3n) is 2.34. The molecule has 1 aromatic rings. The molecule has 0 saturated heterocycles. The van der Waals surface area contributed by atoms with Gasteiger partial charge in [-0.25, -0.2) is 0 Å². The quantitative estimate of drug-likeness (QED) is 0.696. The minimum Gasteiger partial charge on any atom is -0.298 e. The van der Waals surface area contributed by atoms with E-state index in [1.165, 1.54) is 0 Å². The number of halogens is 3. The number of nitrogens with zero attached hydrogens (tertiary/aromatic N) is 1. The Labute approximate surface area is 112 Å². The van der Waals surface area contributed by atoms with Crippen LogP contribution in [0.1, 0.15) is 18.9 Å². The number of alkyl halides is 1. The van der Waals surface area contributed by atoms with E-state index in [0.29, 0.717) is 5.88 Å². The van der Waals surface area contributed by atoms with E-state index >= 15 is 0 Å². The van der Waals surface area contributed by atoms with Crippen molar-refractivity contribution < 1.29 is 0 Å². The molecular formula is C12H16Cl3N. The van der Waals surface area contributed by atoms with Crippen molar-refractivity contribution >= 4 is 34.8 Å². The fraction of sp³-hybridized carbons (Fsp3) is 0.500. The lowest BCUT2D eigenvalue weighted by atomic mass is 10.2. The smallest absolute Gasteiger partial charge is 0.0452 e. The first-order chi connectivity index (χ1) is 7.67. The van der Waals surface area contributed by atoms with E-state index in [1.54, 1.807) is 6.07 Å². The zero-order valence-electron chi connectivity index (χ0n) is 9.35. The van der Waals surface area contributed by atoms with Crippen LogP contribution in [-0.2, 0) is 6.54 Å². The van der Waals surface area contributed by atoms with Gasteiger partial charge in [-0.1, -0.05) is 30.1 Å². The van der Waals surface area contributed by atoms with Crippen molar-refractivity contribution in [2.45, 2.75) is 19.9 Å². The summed E-state index contributed by atoms with van der Waals surface area (Å²) in [5.41, 5.74) is 1.06. The van der Waals surface area contributed by atoms with E-state index in [-0.39, 0.29) is 0 Å². The van der Waals surface area contributed by atoms with Crippen LogP contribution in [-0.4, -0.2) is 23.9 Å². The van der Waals surface area contributed by atoms with Crippen LogP contribution in [0.2, 0.25) is 10.0 Å². The lowest BCUT2D eigenvalue weighted by molar-refractivity contribution is 0.282. The van der Waals surface area contributed by atoms with Gasteiger partial charge in [-0.3, -0.25) is 4.90 Å². The third-order valence-corrected chi connectivity index (χ3v) is 3.12. The van der Waals surface area contributed by atoms with Crippen LogP contribution in [0.4, 0.5) is 0 Å². The van der Waals surface area contributed by atoms with Crippen LogP contribution in [0.25, 0.3) is 0 Å². The van der Waals surface area contributed by atoms with Gasteiger partial charge < -0.3 is 0 Å². The maximum Gasteiger partial charge on any atom is 0.0452 e. The summed E-state index contributed by atoms with van der Waals surface area (Å²) in [5.74, 6) is 0.637. The minimum atomic E-state index is 0.637. The predicted molar refractivity (Wildman–Crippen MR) is 72.8 cm³/mol. The molecule has 90 valence electrons. The number of hydrogen-bond donors (Lipinski definition) is 0. The van der Waals surface area contributed by atoms with Gasteiger partial charge in [0.25, 0.3) is 0 Å². The largest absolute Gasteiger partial charge is 0.298 e. The second kappa shape index (κ2) is 7.39. The molecule has 0 atom stereocenters. The van der Waals surface area contributed by atoms with Crippen LogP contribution in [0, 0.1) is 0 Å². The average Bonchev–Trinajstić information content (AvgIpc) is 2.24. The second-order valence-corrected chi connectivity index (χ2v) is 4.92. The molecule has 0 aromatic heterocycles. The first-order valence-electron chi connectivity index (χ1n) is 5.39. The van der Waals surface area contributed by atoms with Crippen molar-refractivity contribution in [1.82, 2.24) is 4.90 Å². The topological polar surface area (TPSA) is 3.24 Å². The molecule has 1 aromatic carbocycles. The molecule has 0 unspecified atom stereocenters. The molecule has 1 nitrogen and oxygen atoms in total. The second-order valence-electron chi connectivity index (χ2n) is 3.70. The molecular weight excluding hydrogens is 264 g/mol. The molecule has 0 saturated carbocycles. The molecule has 0 spiro atoms. The first kappa shape index (κ1) is 14.1. The Morgan fingerprint density at radius 2 is 1.94 bits per heavy atom. The highest BCUT2D eigenvalue weighted by molar-refractivity contribution is 6.33. The Balaban J connectivity index is 2.71. The summed E-state index contributed by atoms with van der Waals surface area (Å²) >= 11 is 17.8. The highest BCUT2D eigenvalue weighted by Crippen LogP contribution is 2.22. The molecule has 0 bridgehead atoms. The van der Waals surface area contributed by atoms with E-state index in [9.17, 15) is 0 Å². The highest BCUT2D eigenvalue weighted by Gasteiger charge is 2.07. The molecule has 0 N–H and O–H groups in total. The zero-order valence-corrected chi connectivity index (χ0v) is 11.6. The van der Waals surface area contributed by atoms with E-state index < -0.39 is 0 Å². The van der Waals surface area contributed by atoms with Crippen molar-refractivity contribution in [3.63, 3.8) is 0 Å². The standard InChI is InChI=1S/C12H16Cl3N/c1-2-6-16(7-5-13)9-10-8-11(14)3-4-12(10)15/h3-4,8H,2,5-7,9H2,1H3. The van der Waals surface area contributed by atoms with E-state index in [4.69, 9.17) is 34.8 Å². The van der Waals surface area contributed by atoms with Crippen LogP contribution < -0.4 is 0 Å². The molecule has 0 aliphatic carbocycles. The molecule has 0 radical (unpaired) electrons. The highest BCUT2D eigenvalue weighted by atomic mass is 35.5. The molecule has 0 heterocycles. The van der Waals surface area contributed by atoms with Crippen molar-refractivity contribution in [1.29, 1.82) is 0 Å². The Kier molecular flexibility index (Phi) is 6.52. The Morgan fingerprint density at radius 3 is 2.56 bits per heavy atom. The molecule has 0 fully saturated rings. The minimum absolute atomic E-state index is 0.637. The monoisotopic (exact) mass is 279 g/mol. The van der Waals surface area contributed by atoms with Gasteiger partial charge in [-0.05, 0) is 36.7 Å². The summed E-state index contributed by atoms with van der Waals surface area (Å²) in [4.78, 5) is 2.28. The number of rotatable bonds is 6. The lowest BCUT2D eigenvalue weighted by Crippen LogP contribution is -2.26. The lowest BCUT2D eigenvalue weighted by Gasteiger charge is -2.21. The average molecular weight is 281 g/mol. The van der Waals surface area contributed by atoms with Crippen molar-refractivity contribution in [2.75, 3.05) is 19.0 Å². The fourth-order valence-electron chi connectivity index (χ4n) is 1.61. The van der Waals surface area contributed by atoms with Crippen molar-refractivity contribution in [2.24, 2.45) is 0 Å². The molecule has 0 aliphatic rings. The summed E-state index contributed by atoms with van der Waals surface area (Å²) in [6.45, 7) is 4.86. The van der Waals surface area contributed by atoms with Gasteiger partial charge in [0, 0.05) is 29.0 Å². The van der Waals surface area contributed by atoms with Gasteiger partial charge in [0.2, 0.25) is 0 Å². The Hall–Kier alpha value is 0.0500. The summed E-state index contributed by atoms with van der Waals surface area (Å²) in [5, 5.41) is 1.49. The van der Waals surface area contributed by atoms with Gasteiger partial charge in [-0.2, -0.15) is 0 Å². The number of hydrogen-bond acceptors (Lipinski definition) is 1. The van der Waals surface area contributed by atoms with Gasteiger partial charge in [0.1, 0.15) is 0 Å². The van der Waals surface area contributed by atoms with E-state index in [1.807, 2.05) is 12.1 Å². The maximum absolute atomic E-state index is 6.12. The van der Waals surface area contributed by atoms with Gasteiger partial charge in [0.05, 0.1) is 0 Å². The summed E-state index contributed by atoms with van der Waals surface area (Å²) in [7, 11) is 0. The normalized spacial score (nSPS) is 11.1. The molecule has 0 amide bonds. The molecule has 16 heavy (non-hydrogen) atoms. The van der Waals surface area contributed by atoms with Gasteiger partial charge in [-0.15, -0.1) is 11.6 Å². The van der Waals surface area contributed by atoms with Gasteiger partial charge >= 0.3 is 0 Å². The van der Waals surface area contributed by atoms with E-state index in [0.717, 1.165) is 41.7 Å². The first-order valence-corrected chi connectivity index (χ1v) is 6.68. The third kappa shape index (κ3) is 4.50.